The molecule has 1 N–H and O–H groups in total. The Morgan fingerprint density at radius 2 is 1.84 bits per heavy atom. The molecular formula is C14H22O4S. The molecule has 0 saturated heterocycles. The molecule has 0 atom stereocenters. The zero-order chi connectivity index (χ0) is 14.5. The van der Waals surface area contributed by atoms with Gasteiger partial charge in [0.25, 0.3) is 0 Å². The summed E-state index contributed by atoms with van der Waals surface area (Å²) in [6.07, 6.45) is 0.502. The lowest BCUT2D eigenvalue weighted by Gasteiger charge is -2.19. The molecule has 1 rings (SSSR count). The Kier molecular flexibility index (Phi) is 5.38. The maximum absolute atomic E-state index is 11.9. The molecule has 0 aliphatic rings. The normalized spacial score (nSPS) is 12.4. The van der Waals surface area contributed by atoms with Gasteiger partial charge in [0.05, 0.1) is 10.5 Å². The number of rotatable bonds is 6. The van der Waals surface area contributed by atoms with Crippen molar-refractivity contribution in [2.75, 3.05) is 19.0 Å². The van der Waals surface area contributed by atoms with Crippen LogP contribution in [0.25, 0.3) is 0 Å². The van der Waals surface area contributed by atoms with Crippen molar-refractivity contribution in [1.82, 2.24) is 0 Å². The van der Waals surface area contributed by atoms with Crippen molar-refractivity contribution in [2.24, 2.45) is 0 Å². The van der Waals surface area contributed by atoms with Gasteiger partial charge >= 0.3 is 0 Å². The lowest BCUT2D eigenvalue weighted by molar-refractivity contribution is 0.292. The van der Waals surface area contributed by atoms with Crippen molar-refractivity contribution in [3.8, 4) is 5.75 Å². The SMILES string of the molecule is CC(C)(C)S(=O)(=O)CCOc1ccccc1CCO. The Morgan fingerprint density at radius 1 is 1.21 bits per heavy atom. The molecule has 0 aliphatic carbocycles. The fourth-order valence-electron chi connectivity index (χ4n) is 1.54. The van der Waals surface area contributed by atoms with Crippen LogP contribution < -0.4 is 4.74 Å². The van der Waals surface area contributed by atoms with Crippen LogP contribution in [0.2, 0.25) is 0 Å². The topological polar surface area (TPSA) is 63.6 Å². The zero-order valence-electron chi connectivity index (χ0n) is 11.7. The maximum atomic E-state index is 11.9. The summed E-state index contributed by atoms with van der Waals surface area (Å²) in [4.78, 5) is 0. The molecule has 0 fully saturated rings. The molecule has 19 heavy (non-hydrogen) atoms. The predicted molar refractivity (Wildman–Crippen MR) is 76.3 cm³/mol. The first kappa shape index (κ1) is 16.0. The summed E-state index contributed by atoms with van der Waals surface area (Å²) in [6, 6.07) is 7.34. The van der Waals surface area contributed by atoms with Gasteiger partial charge in [-0.05, 0) is 38.8 Å². The lowest BCUT2D eigenvalue weighted by atomic mass is 10.1. The molecule has 0 aliphatic heterocycles. The number of hydrogen-bond donors (Lipinski definition) is 1. The van der Waals surface area contributed by atoms with Crippen molar-refractivity contribution in [3.63, 3.8) is 0 Å². The van der Waals surface area contributed by atoms with E-state index in [1.807, 2.05) is 18.2 Å². The van der Waals surface area contributed by atoms with Crippen LogP contribution in [0.1, 0.15) is 26.3 Å². The van der Waals surface area contributed by atoms with Gasteiger partial charge in [-0.2, -0.15) is 0 Å². The molecule has 0 radical (unpaired) electrons. The molecular weight excluding hydrogens is 264 g/mol. The van der Waals surface area contributed by atoms with Crippen LogP contribution in [0, 0.1) is 0 Å². The van der Waals surface area contributed by atoms with Gasteiger partial charge in [-0.3, -0.25) is 0 Å². The number of aliphatic hydroxyl groups is 1. The molecule has 0 bridgehead atoms. The van der Waals surface area contributed by atoms with Crippen molar-refractivity contribution < 1.29 is 18.3 Å². The third-order valence-electron chi connectivity index (χ3n) is 2.90. The Bertz CT molecular complexity index is 500. The van der Waals surface area contributed by atoms with Gasteiger partial charge in [-0.1, -0.05) is 18.2 Å². The van der Waals surface area contributed by atoms with E-state index in [9.17, 15) is 8.42 Å². The van der Waals surface area contributed by atoms with E-state index in [0.29, 0.717) is 12.2 Å². The second kappa shape index (κ2) is 6.39. The average molecular weight is 286 g/mol. The minimum Gasteiger partial charge on any atom is -0.492 e. The standard InChI is InChI=1S/C14H22O4S/c1-14(2,3)19(16,17)11-10-18-13-7-5-4-6-12(13)8-9-15/h4-7,15H,8-11H2,1-3H3. The van der Waals surface area contributed by atoms with Gasteiger partial charge in [-0.25, -0.2) is 8.42 Å². The third kappa shape index (κ3) is 4.51. The molecule has 0 spiro atoms. The molecule has 0 aromatic heterocycles. The van der Waals surface area contributed by atoms with E-state index in [2.05, 4.69) is 0 Å². The number of benzene rings is 1. The summed E-state index contributed by atoms with van der Waals surface area (Å²) < 4.78 is 28.6. The second-order valence-corrected chi connectivity index (χ2v) is 8.22. The van der Waals surface area contributed by atoms with E-state index in [-0.39, 0.29) is 19.0 Å². The number of para-hydroxylation sites is 1. The highest BCUT2D eigenvalue weighted by molar-refractivity contribution is 7.92. The van der Waals surface area contributed by atoms with E-state index in [1.54, 1.807) is 26.8 Å². The van der Waals surface area contributed by atoms with Crippen LogP contribution in [0.15, 0.2) is 24.3 Å². The summed E-state index contributed by atoms with van der Waals surface area (Å²) in [5.74, 6) is 0.630. The van der Waals surface area contributed by atoms with Gasteiger partial charge in [0, 0.05) is 6.61 Å². The summed E-state index contributed by atoms with van der Waals surface area (Å²) >= 11 is 0. The Balaban J connectivity index is 2.64. The average Bonchev–Trinajstić information content (AvgIpc) is 2.30. The predicted octanol–water partition coefficient (Wildman–Crippen LogP) is 1.81. The monoisotopic (exact) mass is 286 g/mol. The van der Waals surface area contributed by atoms with Crippen LogP contribution >= 0.6 is 0 Å². The van der Waals surface area contributed by atoms with E-state index >= 15 is 0 Å². The molecule has 5 heteroatoms. The largest absolute Gasteiger partial charge is 0.492 e. The highest BCUT2D eigenvalue weighted by Gasteiger charge is 2.28. The van der Waals surface area contributed by atoms with Crippen molar-refractivity contribution in [3.05, 3.63) is 29.8 Å². The molecule has 0 heterocycles. The van der Waals surface area contributed by atoms with Crippen molar-refractivity contribution in [2.45, 2.75) is 31.9 Å². The van der Waals surface area contributed by atoms with Crippen molar-refractivity contribution >= 4 is 9.84 Å². The van der Waals surface area contributed by atoms with Gasteiger partial charge in [0.2, 0.25) is 0 Å². The molecule has 0 unspecified atom stereocenters. The van der Waals surface area contributed by atoms with Gasteiger partial charge in [0.1, 0.15) is 12.4 Å². The van der Waals surface area contributed by atoms with Gasteiger partial charge in [-0.15, -0.1) is 0 Å². The van der Waals surface area contributed by atoms with E-state index in [4.69, 9.17) is 9.84 Å². The fourth-order valence-corrected chi connectivity index (χ4v) is 2.45. The summed E-state index contributed by atoms with van der Waals surface area (Å²) in [5, 5.41) is 8.95. The second-order valence-electron chi connectivity index (χ2n) is 5.36. The Labute approximate surface area is 115 Å². The smallest absolute Gasteiger partial charge is 0.158 e. The first-order valence-electron chi connectivity index (χ1n) is 6.32. The summed E-state index contributed by atoms with van der Waals surface area (Å²) in [6.45, 7) is 5.22. The highest BCUT2D eigenvalue weighted by atomic mass is 32.2. The first-order chi connectivity index (χ1) is 8.78. The molecule has 4 nitrogen and oxygen atoms in total. The number of sulfone groups is 1. The summed E-state index contributed by atoms with van der Waals surface area (Å²) in [5.41, 5.74) is 0.887. The number of aliphatic hydroxyl groups excluding tert-OH is 1. The zero-order valence-corrected chi connectivity index (χ0v) is 12.5. The molecule has 108 valence electrons. The molecule has 0 saturated carbocycles. The third-order valence-corrected chi connectivity index (χ3v) is 5.47. The molecule has 0 amide bonds. The molecule has 1 aromatic rings. The fraction of sp³-hybridized carbons (Fsp3) is 0.571. The maximum Gasteiger partial charge on any atom is 0.158 e. The van der Waals surface area contributed by atoms with Gasteiger partial charge in [0.15, 0.2) is 9.84 Å². The first-order valence-corrected chi connectivity index (χ1v) is 7.97. The van der Waals surface area contributed by atoms with E-state index < -0.39 is 14.6 Å². The van der Waals surface area contributed by atoms with Crippen LogP contribution in [-0.4, -0.2) is 37.2 Å². The van der Waals surface area contributed by atoms with E-state index in [0.717, 1.165) is 5.56 Å². The highest BCUT2D eigenvalue weighted by Crippen LogP contribution is 2.20. The minimum atomic E-state index is -3.17. The Morgan fingerprint density at radius 3 is 2.42 bits per heavy atom. The number of hydrogen-bond acceptors (Lipinski definition) is 4. The van der Waals surface area contributed by atoms with E-state index in [1.165, 1.54) is 0 Å². The number of ether oxygens (including phenoxy) is 1. The van der Waals surface area contributed by atoms with Crippen LogP contribution in [0.3, 0.4) is 0 Å². The van der Waals surface area contributed by atoms with Gasteiger partial charge < -0.3 is 9.84 Å². The van der Waals surface area contributed by atoms with Crippen LogP contribution in [0.4, 0.5) is 0 Å². The van der Waals surface area contributed by atoms with Crippen LogP contribution in [0.5, 0.6) is 5.75 Å². The quantitative estimate of drug-likeness (QED) is 0.866. The minimum absolute atomic E-state index is 0.00996. The van der Waals surface area contributed by atoms with Crippen LogP contribution in [-0.2, 0) is 16.3 Å². The Hall–Kier alpha value is -1.07. The lowest BCUT2D eigenvalue weighted by Crippen LogP contribution is -2.32. The summed E-state index contributed by atoms with van der Waals surface area (Å²) in [7, 11) is -3.17. The molecule has 1 aromatic carbocycles. The van der Waals surface area contributed by atoms with Crippen molar-refractivity contribution in [1.29, 1.82) is 0 Å².